The number of halogens is 1. The van der Waals surface area contributed by atoms with E-state index in [2.05, 4.69) is 4.98 Å². The van der Waals surface area contributed by atoms with Crippen LogP contribution >= 0.6 is 0 Å². The van der Waals surface area contributed by atoms with Gasteiger partial charge in [-0.2, -0.15) is 0 Å². The van der Waals surface area contributed by atoms with Gasteiger partial charge in [-0.15, -0.1) is 0 Å². The van der Waals surface area contributed by atoms with Gasteiger partial charge < -0.3 is 14.3 Å². The van der Waals surface area contributed by atoms with Crippen molar-refractivity contribution >= 4 is 23.3 Å². The lowest BCUT2D eigenvalue weighted by atomic mass is 9.96. The molecule has 1 aliphatic heterocycles. The second-order valence-corrected chi connectivity index (χ2v) is 6.68. The lowest BCUT2D eigenvalue weighted by molar-refractivity contribution is 0.218. The first-order chi connectivity index (χ1) is 13.7. The van der Waals surface area contributed by atoms with Crippen LogP contribution in [0.1, 0.15) is 34.2 Å². The normalized spacial score (nSPS) is 15.9. The van der Waals surface area contributed by atoms with Gasteiger partial charge >= 0.3 is 0 Å². The molecule has 4 nitrogen and oxygen atoms in total. The molecule has 1 N–H and O–H groups in total. The summed E-state index contributed by atoms with van der Waals surface area (Å²) in [4.78, 5) is 4.27. The molecule has 0 saturated carbocycles. The quantitative estimate of drug-likeness (QED) is 0.530. The number of benzene rings is 3. The number of aliphatic hydroxyl groups is 1. The second-order valence-electron chi connectivity index (χ2n) is 6.68. The molecule has 3 aromatic carbocycles. The lowest BCUT2D eigenvalue weighted by Gasteiger charge is -2.13. The fourth-order valence-corrected chi connectivity index (χ4v) is 3.43. The van der Waals surface area contributed by atoms with Gasteiger partial charge in [0.25, 0.3) is 0 Å². The summed E-state index contributed by atoms with van der Waals surface area (Å²) >= 11 is 0. The van der Waals surface area contributed by atoms with Crippen LogP contribution in [0.4, 0.5) is 4.39 Å². The largest absolute Gasteiger partial charge is 0.488 e. The number of ether oxygens (including phenoxy) is 1. The van der Waals surface area contributed by atoms with Crippen LogP contribution in [0.3, 0.4) is 0 Å². The molecule has 28 heavy (non-hydrogen) atoms. The zero-order chi connectivity index (χ0) is 19.1. The number of hydrogen-bond donors (Lipinski definition) is 1. The predicted octanol–water partition coefficient (Wildman–Crippen LogP) is 5.11. The summed E-state index contributed by atoms with van der Waals surface area (Å²) in [5.74, 6) is 0.701. The molecule has 0 radical (unpaired) electrons. The van der Waals surface area contributed by atoms with E-state index in [1.165, 1.54) is 12.1 Å². The third-order valence-corrected chi connectivity index (χ3v) is 4.85. The first-order valence-corrected chi connectivity index (χ1v) is 8.94. The third-order valence-electron chi connectivity index (χ3n) is 4.85. The molecule has 0 amide bonds. The standard InChI is InChI=1S/C23H16FNO3/c24-16-7-9-21-19(12-16)25-22(28-21)10-6-14-5-8-20-18(11-14)23(26)17-4-2-1-3-15(17)13-27-20/h1-12,23,26H,13H2/b10-6+. The average Bonchev–Trinajstić information content (AvgIpc) is 3.06. The zero-order valence-electron chi connectivity index (χ0n) is 14.8. The van der Waals surface area contributed by atoms with Crippen molar-refractivity contribution in [1.29, 1.82) is 0 Å². The minimum Gasteiger partial charge on any atom is -0.488 e. The molecule has 0 saturated heterocycles. The SMILES string of the molecule is OC1c2ccccc2COc2ccc(/C=C/c3nc4cc(F)ccc4o3)cc21. The van der Waals surface area contributed by atoms with Crippen molar-refractivity contribution in [3.8, 4) is 5.75 Å². The van der Waals surface area contributed by atoms with Crippen LogP contribution in [0.5, 0.6) is 5.75 Å². The van der Waals surface area contributed by atoms with Gasteiger partial charge in [-0.05, 0) is 47.0 Å². The minimum atomic E-state index is -0.755. The van der Waals surface area contributed by atoms with E-state index in [1.54, 1.807) is 12.1 Å². The molecule has 1 atom stereocenters. The average molecular weight is 373 g/mol. The van der Waals surface area contributed by atoms with Crippen LogP contribution in [0.15, 0.2) is 65.1 Å². The Balaban J connectivity index is 1.48. The van der Waals surface area contributed by atoms with Gasteiger partial charge in [-0.1, -0.05) is 30.3 Å². The number of rotatable bonds is 2. The van der Waals surface area contributed by atoms with Gasteiger partial charge in [0.2, 0.25) is 5.89 Å². The predicted molar refractivity (Wildman–Crippen MR) is 104 cm³/mol. The van der Waals surface area contributed by atoms with E-state index in [4.69, 9.17) is 9.15 Å². The Morgan fingerprint density at radius 1 is 1.00 bits per heavy atom. The zero-order valence-corrected chi connectivity index (χ0v) is 14.8. The summed E-state index contributed by atoms with van der Waals surface area (Å²) in [6, 6.07) is 17.6. The molecule has 0 bridgehead atoms. The molecular formula is C23H16FNO3. The Bertz CT molecular complexity index is 1210. The fraction of sp³-hybridized carbons (Fsp3) is 0.0870. The Morgan fingerprint density at radius 3 is 2.82 bits per heavy atom. The first kappa shape index (κ1) is 16.7. The topological polar surface area (TPSA) is 55.5 Å². The molecule has 138 valence electrons. The molecule has 0 fully saturated rings. The summed E-state index contributed by atoms with van der Waals surface area (Å²) in [5.41, 5.74) is 4.41. The van der Waals surface area contributed by atoms with Crippen molar-refractivity contribution in [2.75, 3.05) is 0 Å². The Morgan fingerprint density at radius 2 is 1.89 bits per heavy atom. The number of oxazole rings is 1. The van der Waals surface area contributed by atoms with Gasteiger partial charge in [0.15, 0.2) is 5.58 Å². The van der Waals surface area contributed by atoms with Crippen molar-refractivity contribution in [3.05, 3.63) is 94.6 Å². The molecule has 2 heterocycles. The maximum atomic E-state index is 13.3. The van der Waals surface area contributed by atoms with Crippen LogP contribution in [-0.2, 0) is 6.61 Å². The lowest BCUT2D eigenvalue weighted by Crippen LogP contribution is -2.01. The van der Waals surface area contributed by atoms with Crippen LogP contribution in [0, 0.1) is 5.82 Å². The molecule has 1 unspecified atom stereocenters. The smallest absolute Gasteiger partial charge is 0.220 e. The molecule has 5 heteroatoms. The van der Waals surface area contributed by atoms with E-state index in [0.717, 1.165) is 16.7 Å². The number of nitrogens with zero attached hydrogens (tertiary/aromatic N) is 1. The van der Waals surface area contributed by atoms with Crippen molar-refractivity contribution in [1.82, 2.24) is 4.98 Å². The highest BCUT2D eigenvalue weighted by Gasteiger charge is 2.22. The highest BCUT2D eigenvalue weighted by atomic mass is 19.1. The molecular weight excluding hydrogens is 357 g/mol. The molecule has 1 aromatic heterocycles. The molecule has 0 aliphatic carbocycles. The first-order valence-electron chi connectivity index (χ1n) is 8.94. The van der Waals surface area contributed by atoms with E-state index in [0.29, 0.717) is 34.9 Å². The summed E-state index contributed by atoms with van der Waals surface area (Å²) in [6.07, 6.45) is 2.80. The van der Waals surface area contributed by atoms with Crippen molar-refractivity contribution in [2.24, 2.45) is 0 Å². The van der Waals surface area contributed by atoms with Crippen LogP contribution in [0.25, 0.3) is 23.3 Å². The number of hydrogen-bond acceptors (Lipinski definition) is 4. The van der Waals surface area contributed by atoms with E-state index in [1.807, 2.05) is 48.5 Å². The minimum absolute atomic E-state index is 0.351. The maximum absolute atomic E-state index is 13.3. The van der Waals surface area contributed by atoms with Gasteiger partial charge in [-0.3, -0.25) is 0 Å². The Labute approximate surface area is 160 Å². The van der Waals surface area contributed by atoms with Crippen molar-refractivity contribution < 1.29 is 18.7 Å². The third kappa shape index (κ3) is 2.96. The van der Waals surface area contributed by atoms with Crippen LogP contribution < -0.4 is 4.74 Å². The number of aromatic nitrogens is 1. The van der Waals surface area contributed by atoms with Crippen LogP contribution in [0.2, 0.25) is 0 Å². The van der Waals surface area contributed by atoms with Gasteiger partial charge in [0, 0.05) is 17.7 Å². The van der Waals surface area contributed by atoms with E-state index < -0.39 is 6.10 Å². The molecule has 1 aliphatic rings. The maximum Gasteiger partial charge on any atom is 0.220 e. The summed E-state index contributed by atoms with van der Waals surface area (Å²) in [7, 11) is 0. The van der Waals surface area contributed by atoms with Crippen molar-refractivity contribution in [3.63, 3.8) is 0 Å². The fourth-order valence-electron chi connectivity index (χ4n) is 3.43. The van der Waals surface area contributed by atoms with Crippen molar-refractivity contribution in [2.45, 2.75) is 12.7 Å². The van der Waals surface area contributed by atoms with Gasteiger partial charge in [-0.25, -0.2) is 9.37 Å². The monoisotopic (exact) mass is 373 g/mol. The second kappa shape index (κ2) is 6.62. The molecule has 0 spiro atoms. The van der Waals surface area contributed by atoms with Crippen LogP contribution in [-0.4, -0.2) is 10.1 Å². The molecule has 5 rings (SSSR count). The van der Waals surface area contributed by atoms with E-state index in [9.17, 15) is 9.50 Å². The van der Waals surface area contributed by atoms with Gasteiger partial charge in [0.05, 0.1) is 0 Å². The van der Waals surface area contributed by atoms with Gasteiger partial charge in [0.1, 0.15) is 29.8 Å². The van der Waals surface area contributed by atoms with E-state index >= 15 is 0 Å². The Hall–Kier alpha value is -3.44. The number of aliphatic hydroxyl groups excluding tert-OH is 1. The molecule has 4 aromatic rings. The summed E-state index contributed by atoms with van der Waals surface area (Å²) < 4.78 is 24.8. The highest BCUT2D eigenvalue weighted by molar-refractivity contribution is 5.76. The summed E-state index contributed by atoms with van der Waals surface area (Å²) in [5, 5.41) is 10.9. The highest BCUT2D eigenvalue weighted by Crippen LogP contribution is 2.36. The summed E-state index contributed by atoms with van der Waals surface area (Å²) in [6.45, 7) is 0.425. The van der Waals surface area contributed by atoms with E-state index in [-0.39, 0.29) is 5.82 Å². The number of fused-ring (bicyclic) bond motifs is 3. The Kier molecular flexibility index (Phi) is 3.95.